The predicted molar refractivity (Wildman–Crippen MR) is 118 cm³/mol. The molecule has 7 nitrogen and oxygen atoms in total. The van der Waals surface area contributed by atoms with Crippen LogP contribution in [0.3, 0.4) is 0 Å². The second-order valence-corrected chi connectivity index (χ2v) is 8.17. The molecule has 1 atom stereocenters. The van der Waals surface area contributed by atoms with Crippen LogP contribution in [0, 0.1) is 5.82 Å². The molecule has 31 heavy (non-hydrogen) atoms. The van der Waals surface area contributed by atoms with E-state index in [1.165, 1.54) is 47.2 Å². The fourth-order valence-corrected chi connectivity index (χ4v) is 3.80. The fraction of sp³-hybridized carbons (Fsp3) is 0.435. The van der Waals surface area contributed by atoms with Gasteiger partial charge in [0.05, 0.1) is 5.56 Å². The highest BCUT2D eigenvalue weighted by atomic mass is 19.1. The summed E-state index contributed by atoms with van der Waals surface area (Å²) >= 11 is 0. The fourth-order valence-electron chi connectivity index (χ4n) is 3.80. The third-order valence-corrected chi connectivity index (χ3v) is 5.51. The maximum atomic E-state index is 13.0. The van der Waals surface area contributed by atoms with Gasteiger partial charge in [-0.2, -0.15) is 0 Å². The Hall–Kier alpha value is -3.00. The number of piperidine rings is 1. The largest absolute Gasteiger partial charge is 0.338 e. The summed E-state index contributed by atoms with van der Waals surface area (Å²) in [5.41, 5.74) is 0.352. The van der Waals surface area contributed by atoms with E-state index in [4.69, 9.17) is 0 Å². The molecule has 1 fully saturated rings. The highest BCUT2D eigenvalue weighted by Crippen LogP contribution is 2.20. The van der Waals surface area contributed by atoms with E-state index < -0.39 is 11.7 Å². The first-order chi connectivity index (χ1) is 14.8. The van der Waals surface area contributed by atoms with Crippen LogP contribution in [0.5, 0.6) is 0 Å². The zero-order chi connectivity index (χ0) is 22.4. The predicted octanol–water partition coefficient (Wildman–Crippen LogP) is 2.57. The van der Waals surface area contributed by atoms with E-state index in [0.717, 1.165) is 32.2 Å². The van der Waals surface area contributed by atoms with E-state index in [0.29, 0.717) is 12.2 Å². The van der Waals surface area contributed by atoms with Crippen LogP contribution in [0.15, 0.2) is 47.4 Å². The van der Waals surface area contributed by atoms with E-state index in [1.807, 2.05) is 19.0 Å². The molecular formula is C23H29FN4O3. The quantitative estimate of drug-likeness (QED) is 0.736. The van der Waals surface area contributed by atoms with Crippen LogP contribution in [0.4, 0.5) is 10.1 Å². The van der Waals surface area contributed by atoms with Crippen LogP contribution in [-0.4, -0.2) is 59.4 Å². The zero-order valence-electron chi connectivity index (χ0n) is 18.0. The van der Waals surface area contributed by atoms with Crippen LogP contribution in [0.1, 0.15) is 36.0 Å². The van der Waals surface area contributed by atoms with Gasteiger partial charge in [0.2, 0.25) is 5.91 Å². The molecule has 3 rings (SSSR count). The number of carbonyl (C=O) groups is 2. The Morgan fingerprint density at radius 2 is 1.87 bits per heavy atom. The van der Waals surface area contributed by atoms with Crippen molar-refractivity contribution in [3.63, 3.8) is 0 Å². The van der Waals surface area contributed by atoms with Crippen LogP contribution in [-0.2, 0) is 11.3 Å². The first kappa shape index (κ1) is 22.7. The molecule has 1 aromatic carbocycles. The number of benzene rings is 1. The van der Waals surface area contributed by atoms with Gasteiger partial charge in [-0.3, -0.25) is 14.4 Å². The lowest BCUT2D eigenvalue weighted by atomic mass is 9.99. The minimum Gasteiger partial charge on any atom is -0.338 e. The van der Waals surface area contributed by atoms with Gasteiger partial charge in [0.1, 0.15) is 12.4 Å². The first-order valence-corrected chi connectivity index (χ1v) is 10.5. The maximum absolute atomic E-state index is 13.0. The maximum Gasteiger partial charge on any atom is 0.257 e. The highest BCUT2D eigenvalue weighted by molar-refractivity contribution is 6.04. The molecule has 2 aromatic rings. The van der Waals surface area contributed by atoms with Crippen molar-refractivity contribution in [3.05, 3.63) is 64.3 Å². The van der Waals surface area contributed by atoms with E-state index in [1.54, 1.807) is 0 Å². The lowest BCUT2D eigenvalue weighted by Gasteiger charge is -2.36. The number of hydrogen-bond acceptors (Lipinski definition) is 4. The van der Waals surface area contributed by atoms with Gasteiger partial charge in [0, 0.05) is 30.5 Å². The number of hydrogen-bond donors (Lipinski definition) is 1. The van der Waals surface area contributed by atoms with Gasteiger partial charge in [0.25, 0.3) is 11.5 Å². The van der Waals surface area contributed by atoms with Gasteiger partial charge in [-0.05, 0) is 76.7 Å². The number of likely N-dealkylation sites (tertiary alicyclic amines) is 1. The molecule has 166 valence electrons. The highest BCUT2D eigenvalue weighted by Gasteiger charge is 2.26. The van der Waals surface area contributed by atoms with Crippen LogP contribution in [0.2, 0.25) is 0 Å². The number of rotatable bonds is 7. The Kier molecular flexibility index (Phi) is 7.57. The average Bonchev–Trinajstić information content (AvgIpc) is 2.75. The second-order valence-electron chi connectivity index (χ2n) is 8.17. The number of nitrogens with one attached hydrogen (secondary N) is 1. The van der Waals surface area contributed by atoms with E-state index in [-0.39, 0.29) is 29.6 Å². The molecule has 0 spiro atoms. The van der Waals surface area contributed by atoms with E-state index in [9.17, 15) is 18.8 Å². The van der Waals surface area contributed by atoms with Crippen molar-refractivity contribution >= 4 is 17.5 Å². The van der Waals surface area contributed by atoms with Crippen molar-refractivity contribution in [2.75, 3.05) is 32.5 Å². The van der Waals surface area contributed by atoms with Crippen molar-refractivity contribution in [2.45, 2.75) is 38.3 Å². The monoisotopic (exact) mass is 428 g/mol. The Balaban J connectivity index is 1.70. The Bertz CT molecular complexity index is 972. The Morgan fingerprint density at radius 3 is 2.58 bits per heavy atom. The average molecular weight is 429 g/mol. The molecule has 1 saturated heterocycles. The number of aromatic nitrogens is 1. The van der Waals surface area contributed by atoms with E-state index in [2.05, 4.69) is 10.2 Å². The smallest absolute Gasteiger partial charge is 0.257 e. The molecule has 0 bridgehead atoms. The lowest BCUT2D eigenvalue weighted by Crippen LogP contribution is -2.47. The third-order valence-electron chi connectivity index (χ3n) is 5.51. The molecule has 2 amide bonds. The summed E-state index contributed by atoms with van der Waals surface area (Å²) in [5.74, 6) is -0.942. The number of pyridine rings is 1. The van der Waals surface area contributed by atoms with Crippen molar-refractivity contribution in [3.8, 4) is 0 Å². The number of amides is 2. The SMILES string of the molecule is CN(C)CC[C@H]1CCCCN1C(=O)Cn1cc(C(=O)Nc2ccc(F)cc2)ccc1=O. The van der Waals surface area contributed by atoms with Crippen LogP contribution >= 0.6 is 0 Å². The number of nitrogens with zero attached hydrogens (tertiary/aromatic N) is 3. The van der Waals surface area contributed by atoms with Crippen LogP contribution < -0.4 is 10.9 Å². The Labute approximate surface area is 181 Å². The number of anilines is 1. The lowest BCUT2D eigenvalue weighted by molar-refractivity contribution is -0.135. The molecule has 1 aliphatic rings. The van der Waals surface area contributed by atoms with Gasteiger partial charge in [-0.25, -0.2) is 4.39 Å². The molecule has 8 heteroatoms. The topological polar surface area (TPSA) is 74.7 Å². The Morgan fingerprint density at radius 1 is 1.13 bits per heavy atom. The summed E-state index contributed by atoms with van der Waals surface area (Å²) in [7, 11) is 4.02. The summed E-state index contributed by atoms with van der Waals surface area (Å²) in [6.07, 6.45) is 5.32. The normalized spacial score (nSPS) is 16.4. The molecular weight excluding hydrogens is 399 g/mol. The minimum absolute atomic E-state index is 0.102. The van der Waals surface area contributed by atoms with E-state index >= 15 is 0 Å². The molecule has 0 radical (unpaired) electrons. The standard InChI is InChI=1S/C23H29FN4O3/c1-26(2)14-12-20-5-3-4-13-28(20)22(30)16-27-15-17(6-11-21(27)29)23(31)25-19-9-7-18(24)8-10-19/h6-11,15,20H,3-5,12-14,16H2,1-2H3,(H,25,31)/t20-/m1/s1. The summed E-state index contributed by atoms with van der Waals surface area (Å²) in [4.78, 5) is 41.8. The van der Waals surface area contributed by atoms with Gasteiger partial charge in [0.15, 0.2) is 0 Å². The number of carbonyl (C=O) groups excluding carboxylic acids is 2. The van der Waals surface area contributed by atoms with Crippen molar-refractivity contribution in [2.24, 2.45) is 0 Å². The van der Waals surface area contributed by atoms with Gasteiger partial charge in [-0.15, -0.1) is 0 Å². The molecule has 2 heterocycles. The summed E-state index contributed by atoms with van der Waals surface area (Å²) < 4.78 is 14.3. The van der Waals surface area contributed by atoms with Crippen molar-refractivity contribution in [1.29, 1.82) is 0 Å². The minimum atomic E-state index is -0.436. The number of halogens is 1. The molecule has 0 unspecified atom stereocenters. The summed E-state index contributed by atoms with van der Waals surface area (Å²) in [6.45, 7) is 1.48. The second kappa shape index (κ2) is 10.3. The van der Waals surface area contributed by atoms with Gasteiger partial charge < -0.3 is 19.7 Å². The van der Waals surface area contributed by atoms with Gasteiger partial charge in [-0.1, -0.05) is 0 Å². The molecule has 1 aliphatic heterocycles. The van der Waals surface area contributed by atoms with Crippen molar-refractivity contribution in [1.82, 2.24) is 14.4 Å². The summed E-state index contributed by atoms with van der Waals surface area (Å²) in [6, 6.07) is 8.29. The molecule has 1 N–H and O–H groups in total. The van der Waals surface area contributed by atoms with Crippen molar-refractivity contribution < 1.29 is 14.0 Å². The van der Waals surface area contributed by atoms with Crippen LogP contribution in [0.25, 0.3) is 0 Å². The van der Waals surface area contributed by atoms with Gasteiger partial charge >= 0.3 is 0 Å². The summed E-state index contributed by atoms with van der Waals surface area (Å²) in [5, 5.41) is 2.66. The molecule has 1 aromatic heterocycles. The first-order valence-electron chi connectivity index (χ1n) is 10.5. The third kappa shape index (κ3) is 6.24. The zero-order valence-corrected chi connectivity index (χ0v) is 18.0. The molecule has 0 aliphatic carbocycles. The molecule has 0 saturated carbocycles.